The fraction of sp³-hybridized carbons (Fsp3) is 0.278. The molecule has 1 amide bonds. The van der Waals surface area contributed by atoms with Crippen molar-refractivity contribution >= 4 is 5.91 Å². The monoisotopic (exact) mass is 283 g/mol. The molecule has 0 N–H and O–H groups in total. The number of hydrogen-bond donors (Lipinski definition) is 0. The van der Waals surface area contributed by atoms with Gasteiger partial charge in [0.15, 0.2) is 6.61 Å². The lowest BCUT2D eigenvalue weighted by atomic mass is 10.1. The third kappa shape index (κ3) is 4.35. The Bertz CT molecular complexity index is 581. The Morgan fingerprint density at radius 3 is 2.43 bits per heavy atom. The molecule has 3 heteroatoms. The number of carbonyl (C=O) groups excluding carboxylic acids is 1. The average Bonchev–Trinajstić information content (AvgIpc) is 2.53. The number of para-hydroxylation sites is 1. The van der Waals surface area contributed by atoms with Crippen LogP contribution in [0.1, 0.15) is 18.1 Å². The maximum absolute atomic E-state index is 12.1. The van der Waals surface area contributed by atoms with Gasteiger partial charge in [0.1, 0.15) is 5.75 Å². The second-order valence-electron chi connectivity index (χ2n) is 4.99. The van der Waals surface area contributed by atoms with Crippen molar-refractivity contribution in [1.82, 2.24) is 4.90 Å². The van der Waals surface area contributed by atoms with Crippen LogP contribution < -0.4 is 4.74 Å². The zero-order chi connectivity index (χ0) is 15.1. The summed E-state index contributed by atoms with van der Waals surface area (Å²) in [6.45, 7) is 2.74. The first-order valence-corrected chi connectivity index (χ1v) is 7.19. The summed E-state index contributed by atoms with van der Waals surface area (Å²) in [5, 5.41) is 0. The Morgan fingerprint density at radius 2 is 1.71 bits per heavy atom. The molecule has 0 fully saturated rings. The molecule has 0 aromatic heterocycles. The van der Waals surface area contributed by atoms with Gasteiger partial charge in [-0.15, -0.1) is 0 Å². The van der Waals surface area contributed by atoms with Crippen LogP contribution in [0.25, 0.3) is 0 Å². The van der Waals surface area contributed by atoms with Crippen LogP contribution in [0.2, 0.25) is 0 Å². The van der Waals surface area contributed by atoms with Crippen molar-refractivity contribution in [2.24, 2.45) is 0 Å². The van der Waals surface area contributed by atoms with E-state index in [1.165, 1.54) is 0 Å². The summed E-state index contributed by atoms with van der Waals surface area (Å²) >= 11 is 0. The number of rotatable bonds is 6. The standard InChI is InChI=1S/C18H21NO2/c1-3-16-11-7-8-12-17(16)21-14-18(20)19(2)13-15-9-5-4-6-10-15/h4-12H,3,13-14H2,1-2H3. The summed E-state index contributed by atoms with van der Waals surface area (Å²) in [6.07, 6.45) is 0.893. The van der Waals surface area contributed by atoms with E-state index in [0.717, 1.165) is 23.3 Å². The van der Waals surface area contributed by atoms with E-state index in [4.69, 9.17) is 4.74 Å². The molecule has 0 saturated heterocycles. The first-order chi connectivity index (χ1) is 10.2. The average molecular weight is 283 g/mol. The quantitative estimate of drug-likeness (QED) is 0.814. The Labute approximate surface area is 126 Å². The molecule has 0 heterocycles. The van der Waals surface area contributed by atoms with Gasteiger partial charge in [-0.3, -0.25) is 4.79 Å². The highest BCUT2D eigenvalue weighted by molar-refractivity contribution is 5.77. The molecule has 0 aliphatic rings. The number of likely N-dealkylation sites (N-methyl/N-ethyl adjacent to an activating group) is 1. The van der Waals surface area contributed by atoms with Crippen LogP contribution in [0.15, 0.2) is 54.6 Å². The van der Waals surface area contributed by atoms with Crippen LogP contribution in [0.3, 0.4) is 0 Å². The van der Waals surface area contributed by atoms with Gasteiger partial charge in [0.05, 0.1) is 0 Å². The van der Waals surface area contributed by atoms with Crippen LogP contribution in [-0.4, -0.2) is 24.5 Å². The van der Waals surface area contributed by atoms with Gasteiger partial charge in [-0.25, -0.2) is 0 Å². The van der Waals surface area contributed by atoms with Crippen LogP contribution >= 0.6 is 0 Å². The third-order valence-corrected chi connectivity index (χ3v) is 3.39. The van der Waals surface area contributed by atoms with E-state index in [1.807, 2.05) is 54.6 Å². The Kier molecular flexibility index (Phi) is 5.38. The van der Waals surface area contributed by atoms with Gasteiger partial charge in [0, 0.05) is 13.6 Å². The molecule has 110 valence electrons. The highest BCUT2D eigenvalue weighted by Gasteiger charge is 2.11. The van der Waals surface area contributed by atoms with Crippen molar-refractivity contribution in [3.63, 3.8) is 0 Å². The van der Waals surface area contributed by atoms with E-state index in [0.29, 0.717) is 6.54 Å². The topological polar surface area (TPSA) is 29.5 Å². The predicted molar refractivity (Wildman–Crippen MR) is 84.2 cm³/mol. The van der Waals surface area contributed by atoms with Crippen LogP contribution in [0.5, 0.6) is 5.75 Å². The van der Waals surface area contributed by atoms with Crippen LogP contribution in [0, 0.1) is 0 Å². The molecule has 0 radical (unpaired) electrons. The highest BCUT2D eigenvalue weighted by atomic mass is 16.5. The summed E-state index contributed by atoms with van der Waals surface area (Å²) in [4.78, 5) is 13.8. The lowest BCUT2D eigenvalue weighted by Gasteiger charge is -2.18. The van der Waals surface area contributed by atoms with Crippen molar-refractivity contribution in [2.45, 2.75) is 19.9 Å². The smallest absolute Gasteiger partial charge is 0.260 e. The second-order valence-corrected chi connectivity index (χ2v) is 4.99. The van der Waals surface area contributed by atoms with Gasteiger partial charge in [0.25, 0.3) is 5.91 Å². The van der Waals surface area contributed by atoms with Gasteiger partial charge in [0.2, 0.25) is 0 Å². The molecule has 2 aromatic rings. The Hall–Kier alpha value is -2.29. The molecule has 0 unspecified atom stereocenters. The molecule has 0 spiro atoms. The molecular weight excluding hydrogens is 262 g/mol. The van der Waals surface area contributed by atoms with E-state index in [2.05, 4.69) is 6.92 Å². The number of amides is 1. The number of aryl methyl sites for hydroxylation is 1. The molecule has 0 aliphatic heterocycles. The number of benzene rings is 2. The first kappa shape index (κ1) is 15.1. The summed E-state index contributed by atoms with van der Waals surface area (Å²) in [5.74, 6) is 0.770. The Balaban J connectivity index is 1.89. The molecule has 3 nitrogen and oxygen atoms in total. The maximum atomic E-state index is 12.1. The van der Waals surface area contributed by atoms with Crippen molar-refractivity contribution < 1.29 is 9.53 Å². The minimum atomic E-state index is -0.0234. The Morgan fingerprint density at radius 1 is 1.05 bits per heavy atom. The lowest BCUT2D eigenvalue weighted by Crippen LogP contribution is -2.31. The van der Waals surface area contributed by atoms with Crippen LogP contribution in [-0.2, 0) is 17.8 Å². The van der Waals surface area contributed by atoms with E-state index in [1.54, 1.807) is 11.9 Å². The molecule has 0 saturated carbocycles. The largest absolute Gasteiger partial charge is 0.483 e. The van der Waals surface area contributed by atoms with E-state index >= 15 is 0 Å². The minimum absolute atomic E-state index is 0.0234. The van der Waals surface area contributed by atoms with Crippen LogP contribution in [0.4, 0.5) is 0 Å². The molecule has 2 rings (SSSR count). The van der Waals surface area contributed by atoms with Gasteiger partial charge in [-0.1, -0.05) is 55.5 Å². The number of nitrogens with zero attached hydrogens (tertiary/aromatic N) is 1. The first-order valence-electron chi connectivity index (χ1n) is 7.19. The number of ether oxygens (including phenoxy) is 1. The molecule has 2 aromatic carbocycles. The van der Waals surface area contributed by atoms with Crippen molar-refractivity contribution in [3.8, 4) is 5.75 Å². The predicted octanol–water partition coefficient (Wildman–Crippen LogP) is 3.29. The molecule has 21 heavy (non-hydrogen) atoms. The summed E-state index contributed by atoms with van der Waals surface area (Å²) in [5.41, 5.74) is 2.23. The summed E-state index contributed by atoms with van der Waals surface area (Å²) in [6, 6.07) is 17.8. The number of carbonyl (C=O) groups is 1. The van der Waals surface area contributed by atoms with Crippen molar-refractivity contribution in [2.75, 3.05) is 13.7 Å². The van der Waals surface area contributed by atoms with Gasteiger partial charge < -0.3 is 9.64 Å². The highest BCUT2D eigenvalue weighted by Crippen LogP contribution is 2.18. The van der Waals surface area contributed by atoms with Gasteiger partial charge in [-0.05, 0) is 23.6 Å². The minimum Gasteiger partial charge on any atom is -0.483 e. The van der Waals surface area contributed by atoms with E-state index < -0.39 is 0 Å². The van der Waals surface area contributed by atoms with Gasteiger partial charge >= 0.3 is 0 Å². The fourth-order valence-electron chi connectivity index (χ4n) is 2.13. The van der Waals surface area contributed by atoms with E-state index in [9.17, 15) is 4.79 Å². The normalized spacial score (nSPS) is 10.2. The number of hydrogen-bond acceptors (Lipinski definition) is 2. The fourth-order valence-corrected chi connectivity index (χ4v) is 2.13. The molecule has 0 bridgehead atoms. The molecule has 0 atom stereocenters. The molecular formula is C18H21NO2. The van der Waals surface area contributed by atoms with Gasteiger partial charge in [-0.2, -0.15) is 0 Å². The summed E-state index contributed by atoms with van der Waals surface area (Å²) in [7, 11) is 1.80. The third-order valence-electron chi connectivity index (χ3n) is 3.39. The lowest BCUT2D eigenvalue weighted by molar-refractivity contribution is -0.132. The SMILES string of the molecule is CCc1ccccc1OCC(=O)N(C)Cc1ccccc1. The van der Waals surface area contributed by atoms with E-state index in [-0.39, 0.29) is 12.5 Å². The van der Waals surface area contributed by atoms with Crippen molar-refractivity contribution in [3.05, 3.63) is 65.7 Å². The maximum Gasteiger partial charge on any atom is 0.260 e. The zero-order valence-corrected chi connectivity index (χ0v) is 12.6. The molecule has 0 aliphatic carbocycles. The zero-order valence-electron chi connectivity index (χ0n) is 12.6. The summed E-state index contributed by atoms with van der Waals surface area (Å²) < 4.78 is 5.66. The van der Waals surface area contributed by atoms with Crippen molar-refractivity contribution in [1.29, 1.82) is 0 Å². The second kappa shape index (κ2) is 7.48.